The third-order valence-corrected chi connectivity index (χ3v) is 3.29. The number of halogens is 1. The van der Waals surface area contributed by atoms with Gasteiger partial charge in [0.2, 0.25) is 0 Å². The van der Waals surface area contributed by atoms with E-state index in [1.807, 2.05) is 12.1 Å². The van der Waals surface area contributed by atoms with Gasteiger partial charge in [0.1, 0.15) is 18.2 Å². The van der Waals surface area contributed by atoms with Gasteiger partial charge in [-0.25, -0.2) is 0 Å². The molecular formula is C13H20BrN3O. The van der Waals surface area contributed by atoms with Gasteiger partial charge < -0.3 is 15.4 Å². The summed E-state index contributed by atoms with van der Waals surface area (Å²) in [6.07, 6.45) is 0. The van der Waals surface area contributed by atoms with Gasteiger partial charge in [-0.15, -0.1) is 0 Å². The molecule has 0 aromatic heterocycles. The summed E-state index contributed by atoms with van der Waals surface area (Å²) in [6.45, 7) is 7.75. The average Bonchev–Trinajstić information content (AvgIpc) is 2.34. The summed E-state index contributed by atoms with van der Waals surface area (Å²) in [5.74, 6) is 0.685. The molecule has 0 fully saturated rings. The SMILES string of the molecule is CCN(CC)CCOc1cc(Br)ccc1C(=N)N. The fourth-order valence-electron chi connectivity index (χ4n) is 1.66. The maximum atomic E-state index is 7.51. The van der Waals surface area contributed by atoms with Crippen LogP contribution in [0.25, 0.3) is 0 Å². The Kier molecular flexibility index (Phi) is 6.15. The van der Waals surface area contributed by atoms with Gasteiger partial charge in [-0.2, -0.15) is 0 Å². The van der Waals surface area contributed by atoms with Gasteiger partial charge >= 0.3 is 0 Å². The van der Waals surface area contributed by atoms with Crippen LogP contribution in [0.2, 0.25) is 0 Å². The van der Waals surface area contributed by atoms with Crippen LogP contribution in [0.1, 0.15) is 19.4 Å². The van der Waals surface area contributed by atoms with E-state index in [0.29, 0.717) is 17.9 Å². The van der Waals surface area contributed by atoms with Gasteiger partial charge in [-0.1, -0.05) is 29.8 Å². The van der Waals surface area contributed by atoms with Gasteiger partial charge in [0.15, 0.2) is 0 Å². The van der Waals surface area contributed by atoms with Crippen LogP contribution < -0.4 is 10.5 Å². The van der Waals surface area contributed by atoms with Crippen molar-refractivity contribution in [3.63, 3.8) is 0 Å². The lowest BCUT2D eigenvalue weighted by molar-refractivity contribution is 0.222. The van der Waals surface area contributed by atoms with Crippen molar-refractivity contribution in [3.05, 3.63) is 28.2 Å². The van der Waals surface area contributed by atoms with Crippen molar-refractivity contribution in [1.29, 1.82) is 5.41 Å². The van der Waals surface area contributed by atoms with Gasteiger partial charge in [0, 0.05) is 11.0 Å². The van der Waals surface area contributed by atoms with E-state index >= 15 is 0 Å². The second-order valence-electron chi connectivity index (χ2n) is 3.93. The fraction of sp³-hybridized carbons (Fsp3) is 0.462. The number of ether oxygens (including phenoxy) is 1. The highest BCUT2D eigenvalue weighted by Gasteiger charge is 2.08. The van der Waals surface area contributed by atoms with Crippen LogP contribution in [0.4, 0.5) is 0 Å². The minimum absolute atomic E-state index is 0.0281. The van der Waals surface area contributed by atoms with Crippen molar-refractivity contribution in [3.8, 4) is 5.75 Å². The molecule has 1 aromatic carbocycles. The van der Waals surface area contributed by atoms with Crippen LogP contribution in [0, 0.1) is 5.41 Å². The Morgan fingerprint density at radius 1 is 1.39 bits per heavy atom. The van der Waals surface area contributed by atoms with E-state index in [-0.39, 0.29) is 5.84 Å². The molecule has 5 heteroatoms. The van der Waals surface area contributed by atoms with Crippen molar-refractivity contribution < 1.29 is 4.74 Å². The van der Waals surface area contributed by atoms with E-state index in [4.69, 9.17) is 15.9 Å². The Balaban J connectivity index is 2.66. The van der Waals surface area contributed by atoms with Crippen molar-refractivity contribution in [2.75, 3.05) is 26.2 Å². The van der Waals surface area contributed by atoms with Crippen LogP contribution >= 0.6 is 15.9 Å². The number of rotatable bonds is 7. The molecule has 1 rings (SSSR count). The molecule has 0 aliphatic rings. The lowest BCUT2D eigenvalue weighted by Crippen LogP contribution is -2.28. The highest BCUT2D eigenvalue weighted by atomic mass is 79.9. The number of benzene rings is 1. The zero-order chi connectivity index (χ0) is 13.5. The maximum Gasteiger partial charge on any atom is 0.131 e. The molecule has 0 heterocycles. The highest BCUT2D eigenvalue weighted by Crippen LogP contribution is 2.23. The van der Waals surface area contributed by atoms with Crippen LogP contribution in [0.3, 0.4) is 0 Å². The molecule has 4 nitrogen and oxygen atoms in total. The lowest BCUT2D eigenvalue weighted by Gasteiger charge is -2.18. The number of amidine groups is 1. The summed E-state index contributed by atoms with van der Waals surface area (Å²) in [4.78, 5) is 2.28. The number of nitrogen functional groups attached to an aromatic ring is 1. The van der Waals surface area contributed by atoms with Gasteiger partial charge in [-0.3, -0.25) is 5.41 Å². The normalized spacial score (nSPS) is 10.7. The summed E-state index contributed by atoms with van der Waals surface area (Å²) in [5, 5.41) is 7.51. The van der Waals surface area contributed by atoms with Gasteiger partial charge in [0.05, 0.1) is 5.56 Å². The molecule has 0 saturated carbocycles. The summed E-state index contributed by atoms with van der Waals surface area (Å²) < 4.78 is 6.64. The summed E-state index contributed by atoms with van der Waals surface area (Å²) in [7, 11) is 0. The third-order valence-electron chi connectivity index (χ3n) is 2.79. The zero-order valence-corrected chi connectivity index (χ0v) is 12.5. The number of likely N-dealkylation sites (N-methyl/N-ethyl adjacent to an activating group) is 1. The Hall–Kier alpha value is -1.07. The highest BCUT2D eigenvalue weighted by molar-refractivity contribution is 9.10. The van der Waals surface area contributed by atoms with Gasteiger partial charge in [0.25, 0.3) is 0 Å². The van der Waals surface area contributed by atoms with E-state index in [1.165, 1.54) is 0 Å². The van der Waals surface area contributed by atoms with Crippen molar-refractivity contribution in [2.24, 2.45) is 5.73 Å². The standard InChI is InChI=1S/C13H20BrN3O/c1-3-17(4-2)7-8-18-12-9-10(14)5-6-11(12)13(15)16/h5-6,9H,3-4,7-8H2,1-2H3,(H3,15,16). The first-order valence-electron chi connectivity index (χ1n) is 6.07. The Morgan fingerprint density at radius 2 is 2.06 bits per heavy atom. The molecule has 0 aliphatic heterocycles. The molecule has 0 unspecified atom stereocenters. The molecule has 100 valence electrons. The first-order chi connectivity index (χ1) is 8.58. The molecule has 0 saturated heterocycles. The number of nitrogens with one attached hydrogen (secondary N) is 1. The predicted molar refractivity (Wildman–Crippen MR) is 78.4 cm³/mol. The smallest absolute Gasteiger partial charge is 0.131 e. The van der Waals surface area contributed by atoms with Crippen LogP contribution in [0.5, 0.6) is 5.75 Å². The maximum absolute atomic E-state index is 7.51. The Morgan fingerprint density at radius 3 is 2.61 bits per heavy atom. The third kappa shape index (κ3) is 4.31. The Bertz CT molecular complexity index is 405. The van der Waals surface area contributed by atoms with Crippen LogP contribution in [0.15, 0.2) is 22.7 Å². The molecule has 0 bridgehead atoms. The number of hydrogen-bond acceptors (Lipinski definition) is 3. The van der Waals surface area contributed by atoms with Crippen molar-refractivity contribution in [2.45, 2.75) is 13.8 Å². The van der Waals surface area contributed by atoms with E-state index < -0.39 is 0 Å². The molecule has 1 aromatic rings. The molecule has 0 spiro atoms. The largest absolute Gasteiger partial charge is 0.491 e. The number of nitrogens with zero attached hydrogens (tertiary/aromatic N) is 1. The topological polar surface area (TPSA) is 62.3 Å². The molecule has 0 radical (unpaired) electrons. The first-order valence-corrected chi connectivity index (χ1v) is 6.86. The number of nitrogens with two attached hydrogens (primary N) is 1. The predicted octanol–water partition coefficient (Wildman–Crippen LogP) is 2.45. The molecule has 0 amide bonds. The minimum Gasteiger partial charge on any atom is -0.491 e. The van der Waals surface area contributed by atoms with E-state index in [2.05, 4.69) is 34.7 Å². The van der Waals surface area contributed by atoms with Crippen LogP contribution in [-0.4, -0.2) is 37.0 Å². The molecule has 3 N–H and O–H groups in total. The summed E-state index contributed by atoms with van der Waals surface area (Å²) in [5.41, 5.74) is 6.16. The van der Waals surface area contributed by atoms with Gasteiger partial charge in [-0.05, 0) is 31.3 Å². The van der Waals surface area contributed by atoms with Crippen molar-refractivity contribution >= 4 is 21.8 Å². The first kappa shape index (κ1) is 15.0. The van der Waals surface area contributed by atoms with E-state index in [9.17, 15) is 0 Å². The number of hydrogen-bond donors (Lipinski definition) is 2. The fourth-order valence-corrected chi connectivity index (χ4v) is 2.00. The Labute approximate surface area is 117 Å². The molecule has 0 atom stereocenters. The summed E-state index contributed by atoms with van der Waals surface area (Å²) >= 11 is 3.39. The quantitative estimate of drug-likeness (QED) is 0.600. The zero-order valence-electron chi connectivity index (χ0n) is 10.9. The monoisotopic (exact) mass is 313 g/mol. The van der Waals surface area contributed by atoms with Crippen LogP contribution in [-0.2, 0) is 0 Å². The molecule has 0 aliphatic carbocycles. The molecular weight excluding hydrogens is 294 g/mol. The lowest BCUT2D eigenvalue weighted by atomic mass is 10.2. The second-order valence-corrected chi connectivity index (χ2v) is 4.85. The van der Waals surface area contributed by atoms with Crippen molar-refractivity contribution in [1.82, 2.24) is 4.90 Å². The minimum atomic E-state index is 0.0281. The average molecular weight is 314 g/mol. The van der Waals surface area contributed by atoms with E-state index in [0.717, 1.165) is 24.1 Å². The summed E-state index contributed by atoms with van der Waals surface area (Å²) in [6, 6.07) is 5.49. The molecule has 18 heavy (non-hydrogen) atoms. The second kappa shape index (κ2) is 7.38. The van der Waals surface area contributed by atoms with E-state index in [1.54, 1.807) is 6.07 Å².